The van der Waals surface area contributed by atoms with Crippen LogP contribution in [-0.2, 0) is 5.75 Å². The second-order valence-electron chi connectivity index (χ2n) is 9.32. The molecule has 0 N–H and O–H groups in total. The van der Waals surface area contributed by atoms with Gasteiger partial charge in [-0.3, -0.25) is 9.36 Å². The summed E-state index contributed by atoms with van der Waals surface area (Å²) in [4.78, 5) is 16.9. The highest BCUT2D eigenvalue weighted by Gasteiger charge is 2.24. The topological polar surface area (TPSA) is 67.4 Å². The van der Waals surface area contributed by atoms with E-state index in [2.05, 4.69) is 10.2 Å². The number of nitrogens with zero attached hydrogens (tertiary/aromatic N) is 5. The Labute approximate surface area is 240 Å². The third kappa shape index (κ3) is 5.48. The van der Waals surface area contributed by atoms with Gasteiger partial charge in [0.25, 0.3) is 5.91 Å². The molecule has 0 radical (unpaired) electrons. The van der Waals surface area contributed by atoms with Gasteiger partial charge in [-0.15, -0.1) is 10.2 Å². The molecule has 2 aromatic heterocycles. The van der Waals surface area contributed by atoms with Crippen LogP contribution in [0.5, 0.6) is 0 Å². The lowest BCUT2D eigenvalue weighted by molar-refractivity contribution is 0.0746. The predicted octanol–water partition coefficient (Wildman–Crippen LogP) is 6.57. The number of thioether (sulfide) groups is 1. The summed E-state index contributed by atoms with van der Waals surface area (Å²) in [6.45, 7) is 2.27. The minimum atomic E-state index is -0.237. The van der Waals surface area contributed by atoms with Gasteiger partial charge in [-0.1, -0.05) is 53.7 Å². The van der Waals surface area contributed by atoms with Crippen LogP contribution in [0.2, 0.25) is 5.02 Å². The Balaban J connectivity index is 1.12. The van der Waals surface area contributed by atoms with Gasteiger partial charge in [0.15, 0.2) is 10.9 Å². The molecular weight excluding hydrogens is 549 g/mol. The number of piperazine rings is 1. The fourth-order valence-electron chi connectivity index (χ4n) is 4.71. The van der Waals surface area contributed by atoms with E-state index in [9.17, 15) is 9.18 Å². The van der Waals surface area contributed by atoms with Crippen molar-refractivity contribution in [1.82, 2.24) is 19.7 Å². The van der Waals surface area contributed by atoms with E-state index in [-0.39, 0.29) is 11.7 Å². The minimum absolute atomic E-state index is 0.0174. The van der Waals surface area contributed by atoms with Gasteiger partial charge in [0.1, 0.15) is 5.82 Å². The van der Waals surface area contributed by atoms with Crippen LogP contribution >= 0.6 is 23.4 Å². The number of furan rings is 1. The number of carbonyl (C=O) groups is 1. The van der Waals surface area contributed by atoms with Gasteiger partial charge in [0.2, 0.25) is 5.82 Å². The van der Waals surface area contributed by atoms with E-state index in [0.717, 1.165) is 11.3 Å². The first kappa shape index (κ1) is 26.2. The first-order chi connectivity index (χ1) is 19.6. The monoisotopic (exact) mass is 573 g/mol. The van der Waals surface area contributed by atoms with E-state index in [1.54, 1.807) is 18.4 Å². The molecule has 10 heteroatoms. The maximum atomic E-state index is 14.2. The van der Waals surface area contributed by atoms with E-state index < -0.39 is 0 Å². The number of carbonyl (C=O) groups excluding carboxylic acids is 1. The summed E-state index contributed by atoms with van der Waals surface area (Å²) in [6.07, 6.45) is 1.60. The van der Waals surface area contributed by atoms with Crippen molar-refractivity contribution in [1.29, 1.82) is 0 Å². The van der Waals surface area contributed by atoms with E-state index >= 15 is 0 Å². The molecule has 1 aliphatic rings. The molecule has 1 amide bonds. The van der Waals surface area contributed by atoms with E-state index in [1.807, 2.05) is 81.1 Å². The molecular formula is C30H25ClFN5O2S. The van der Waals surface area contributed by atoms with Crippen LogP contribution in [0.15, 0.2) is 101 Å². The number of hydrogen-bond donors (Lipinski definition) is 0. The first-order valence-electron chi connectivity index (χ1n) is 12.8. The summed E-state index contributed by atoms with van der Waals surface area (Å²) in [7, 11) is 0. The Bertz CT molecular complexity index is 1620. The molecule has 0 atom stereocenters. The Hall–Kier alpha value is -4.08. The number of amides is 1. The molecule has 7 nitrogen and oxygen atoms in total. The molecule has 1 aliphatic heterocycles. The predicted molar refractivity (Wildman–Crippen MR) is 155 cm³/mol. The zero-order valence-electron chi connectivity index (χ0n) is 21.4. The highest BCUT2D eigenvalue weighted by molar-refractivity contribution is 7.98. The van der Waals surface area contributed by atoms with Crippen LogP contribution < -0.4 is 4.90 Å². The third-order valence-corrected chi connectivity index (χ3v) is 8.01. The van der Waals surface area contributed by atoms with Crippen LogP contribution in [0.3, 0.4) is 0 Å². The highest BCUT2D eigenvalue weighted by atomic mass is 35.5. The smallest absolute Gasteiger partial charge is 0.253 e. The standard InChI is InChI=1S/C30H25ClFN5O2S/c31-23-5-3-6-24(19-23)37-28(27-9-4-18-39-27)33-34-30(37)40-20-21-10-12-22(13-11-21)29(38)36-16-14-35(15-17-36)26-8-2-1-7-25(26)32/h1-13,18-19H,14-17,20H2. The van der Waals surface area contributed by atoms with Gasteiger partial charge in [0, 0.05) is 42.5 Å². The Morgan fingerprint density at radius 3 is 2.45 bits per heavy atom. The molecule has 5 aromatic rings. The first-order valence-corrected chi connectivity index (χ1v) is 14.2. The lowest BCUT2D eigenvalue weighted by Gasteiger charge is -2.36. The number of benzene rings is 3. The molecule has 0 bridgehead atoms. The number of aromatic nitrogens is 3. The Morgan fingerprint density at radius 1 is 0.925 bits per heavy atom. The number of rotatable bonds is 7. The minimum Gasteiger partial charge on any atom is -0.461 e. The SMILES string of the molecule is O=C(c1ccc(CSc2nnc(-c3ccco3)n2-c2cccc(Cl)c2)cc1)N1CCN(c2ccccc2F)CC1. The summed E-state index contributed by atoms with van der Waals surface area (Å²) >= 11 is 7.80. The van der Waals surface area contributed by atoms with Gasteiger partial charge in [-0.05, 0) is 60.2 Å². The van der Waals surface area contributed by atoms with Gasteiger partial charge in [-0.2, -0.15) is 0 Å². The molecule has 6 rings (SSSR count). The van der Waals surface area contributed by atoms with E-state index in [4.69, 9.17) is 16.0 Å². The maximum absolute atomic E-state index is 14.2. The quantitative estimate of drug-likeness (QED) is 0.205. The molecule has 0 saturated carbocycles. The molecule has 1 saturated heterocycles. The average molecular weight is 574 g/mol. The molecule has 1 fully saturated rings. The van der Waals surface area contributed by atoms with Crippen molar-refractivity contribution in [2.45, 2.75) is 10.9 Å². The molecule has 0 spiro atoms. The summed E-state index contributed by atoms with van der Waals surface area (Å²) in [6, 6.07) is 25.6. The largest absolute Gasteiger partial charge is 0.461 e. The Morgan fingerprint density at radius 2 is 1.73 bits per heavy atom. The second-order valence-corrected chi connectivity index (χ2v) is 10.7. The van der Waals surface area contributed by atoms with Crippen molar-refractivity contribution in [3.05, 3.63) is 113 Å². The number of hydrogen-bond acceptors (Lipinski definition) is 6. The van der Waals surface area contributed by atoms with E-state index in [1.165, 1.54) is 17.8 Å². The van der Waals surface area contributed by atoms with Gasteiger partial charge in [0.05, 0.1) is 17.6 Å². The third-order valence-electron chi connectivity index (χ3n) is 6.77. The molecule has 0 unspecified atom stereocenters. The fraction of sp³-hybridized carbons (Fsp3) is 0.167. The van der Waals surface area contributed by atoms with Crippen LogP contribution in [0.1, 0.15) is 15.9 Å². The Kier molecular flexibility index (Phi) is 7.57. The van der Waals surface area contributed by atoms with Gasteiger partial charge >= 0.3 is 0 Å². The van der Waals surface area contributed by atoms with Crippen LogP contribution in [0.4, 0.5) is 10.1 Å². The van der Waals surface area contributed by atoms with Crippen LogP contribution in [0, 0.1) is 5.82 Å². The molecule has 202 valence electrons. The fourth-order valence-corrected chi connectivity index (χ4v) is 5.80. The van der Waals surface area contributed by atoms with Crippen molar-refractivity contribution >= 4 is 35.0 Å². The molecule has 40 heavy (non-hydrogen) atoms. The van der Waals surface area contributed by atoms with Crippen molar-refractivity contribution in [2.75, 3.05) is 31.1 Å². The summed E-state index contributed by atoms with van der Waals surface area (Å²) < 4.78 is 21.7. The zero-order chi connectivity index (χ0) is 27.5. The molecule has 3 aromatic carbocycles. The van der Waals surface area contributed by atoms with Crippen molar-refractivity contribution in [3.8, 4) is 17.3 Å². The van der Waals surface area contributed by atoms with Crippen LogP contribution in [0.25, 0.3) is 17.3 Å². The summed E-state index contributed by atoms with van der Waals surface area (Å²) in [5, 5.41) is 10.1. The van der Waals surface area contributed by atoms with E-state index in [0.29, 0.717) is 64.9 Å². The van der Waals surface area contributed by atoms with Gasteiger partial charge in [-0.25, -0.2) is 4.39 Å². The molecule has 0 aliphatic carbocycles. The number of halogens is 2. The second kappa shape index (κ2) is 11.6. The lowest BCUT2D eigenvalue weighted by atomic mass is 10.1. The van der Waals surface area contributed by atoms with Crippen molar-refractivity contribution in [2.24, 2.45) is 0 Å². The average Bonchev–Trinajstić information content (AvgIpc) is 3.67. The van der Waals surface area contributed by atoms with Crippen molar-refractivity contribution < 1.29 is 13.6 Å². The molecule has 3 heterocycles. The lowest BCUT2D eigenvalue weighted by Crippen LogP contribution is -2.49. The summed E-state index contributed by atoms with van der Waals surface area (Å²) in [5.41, 5.74) is 3.10. The maximum Gasteiger partial charge on any atom is 0.253 e. The number of anilines is 1. The normalized spacial score (nSPS) is 13.6. The van der Waals surface area contributed by atoms with Gasteiger partial charge < -0.3 is 14.2 Å². The number of para-hydroxylation sites is 1. The van der Waals surface area contributed by atoms with Crippen molar-refractivity contribution in [3.63, 3.8) is 0 Å². The highest BCUT2D eigenvalue weighted by Crippen LogP contribution is 2.31. The van der Waals surface area contributed by atoms with Crippen LogP contribution in [-0.4, -0.2) is 51.8 Å². The summed E-state index contributed by atoms with van der Waals surface area (Å²) in [5.74, 6) is 1.57. The zero-order valence-corrected chi connectivity index (χ0v) is 23.0.